The summed E-state index contributed by atoms with van der Waals surface area (Å²) in [4.78, 5) is 11.6. The monoisotopic (exact) mass is 268 g/mol. The van der Waals surface area contributed by atoms with E-state index in [0.717, 1.165) is 28.8 Å². The maximum Gasteiger partial charge on any atom is 0.230 e. The van der Waals surface area contributed by atoms with E-state index in [1.807, 2.05) is 25.1 Å². The zero-order chi connectivity index (χ0) is 10.8. The summed E-state index contributed by atoms with van der Waals surface area (Å²) in [5.74, 6) is 0.240. The van der Waals surface area contributed by atoms with E-state index >= 15 is 0 Å². The fraction of sp³-hybridized carbons (Fsp3) is 0.364. The number of hydrogen-bond acceptors (Lipinski definition) is 2. The van der Waals surface area contributed by atoms with Gasteiger partial charge in [-0.1, -0.05) is 15.9 Å². The van der Waals surface area contributed by atoms with Gasteiger partial charge in [0.1, 0.15) is 0 Å². The molecule has 0 bridgehead atoms. The molecule has 1 aromatic rings. The van der Waals surface area contributed by atoms with E-state index in [1.54, 1.807) is 0 Å². The van der Waals surface area contributed by atoms with Gasteiger partial charge in [0.15, 0.2) is 0 Å². The zero-order valence-corrected chi connectivity index (χ0v) is 10.1. The first-order valence-corrected chi connectivity index (χ1v) is 5.74. The van der Waals surface area contributed by atoms with Crippen LogP contribution >= 0.6 is 15.9 Å². The van der Waals surface area contributed by atoms with Crippen molar-refractivity contribution in [2.75, 3.05) is 18.4 Å². The van der Waals surface area contributed by atoms with Crippen LogP contribution in [-0.4, -0.2) is 19.0 Å². The molecule has 15 heavy (non-hydrogen) atoms. The number of amides is 1. The lowest BCUT2D eigenvalue weighted by Crippen LogP contribution is -2.48. The van der Waals surface area contributed by atoms with Crippen molar-refractivity contribution in [2.45, 2.75) is 6.92 Å². The quantitative estimate of drug-likeness (QED) is 0.861. The summed E-state index contributed by atoms with van der Waals surface area (Å²) in [6.45, 7) is 3.59. The molecule has 2 rings (SSSR count). The largest absolute Gasteiger partial charge is 0.326 e. The molecule has 0 atom stereocenters. The van der Waals surface area contributed by atoms with E-state index < -0.39 is 0 Å². The molecule has 0 aliphatic carbocycles. The Balaban J connectivity index is 2.03. The fourth-order valence-electron chi connectivity index (χ4n) is 1.44. The number of halogens is 1. The van der Waals surface area contributed by atoms with E-state index in [-0.39, 0.29) is 11.8 Å². The molecule has 0 unspecified atom stereocenters. The third-order valence-electron chi connectivity index (χ3n) is 2.58. The van der Waals surface area contributed by atoms with Crippen molar-refractivity contribution in [3.63, 3.8) is 0 Å². The normalized spacial score (nSPS) is 15.9. The summed E-state index contributed by atoms with van der Waals surface area (Å²) in [5, 5.41) is 5.99. The second-order valence-corrected chi connectivity index (χ2v) is 4.66. The highest BCUT2D eigenvalue weighted by Crippen LogP contribution is 2.20. The lowest BCUT2D eigenvalue weighted by Gasteiger charge is -2.25. The summed E-state index contributed by atoms with van der Waals surface area (Å²) in [7, 11) is 0. The van der Waals surface area contributed by atoms with Gasteiger partial charge in [0.2, 0.25) is 5.91 Å². The number of rotatable bonds is 2. The van der Waals surface area contributed by atoms with Crippen LogP contribution in [0.25, 0.3) is 0 Å². The molecule has 0 aromatic heterocycles. The van der Waals surface area contributed by atoms with E-state index in [0.29, 0.717) is 0 Å². The molecule has 1 saturated heterocycles. The van der Waals surface area contributed by atoms with Crippen LogP contribution in [0.2, 0.25) is 0 Å². The van der Waals surface area contributed by atoms with Crippen molar-refractivity contribution in [3.05, 3.63) is 28.2 Å². The summed E-state index contributed by atoms with van der Waals surface area (Å²) >= 11 is 3.43. The Labute approximate surface area is 97.4 Å². The first kappa shape index (κ1) is 10.6. The smallest absolute Gasteiger partial charge is 0.230 e. The Morgan fingerprint density at radius 1 is 1.53 bits per heavy atom. The van der Waals surface area contributed by atoms with Crippen molar-refractivity contribution in [1.82, 2.24) is 5.32 Å². The van der Waals surface area contributed by atoms with Crippen molar-refractivity contribution in [2.24, 2.45) is 5.92 Å². The number of nitrogens with one attached hydrogen (secondary N) is 2. The van der Waals surface area contributed by atoms with Gasteiger partial charge in [-0.3, -0.25) is 4.79 Å². The van der Waals surface area contributed by atoms with E-state index in [9.17, 15) is 4.79 Å². The maximum absolute atomic E-state index is 11.6. The molecule has 2 N–H and O–H groups in total. The van der Waals surface area contributed by atoms with Gasteiger partial charge in [0, 0.05) is 23.2 Å². The third kappa shape index (κ3) is 2.38. The third-order valence-corrected chi connectivity index (χ3v) is 3.47. The number of benzene rings is 1. The van der Waals surface area contributed by atoms with Crippen LogP contribution in [0.5, 0.6) is 0 Å². The molecule has 1 amide bonds. The summed E-state index contributed by atoms with van der Waals surface area (Å²) < 4.78 is 1.06. The lowest BCUT2D eigenvalue weighted by molar-refractivity contribution is -0.121. The van der Waals surface area contributed by atoms with E-state index in [4.69, 9.17) is 0 Å². The van der Waals surface area contributed by atoms with Crippen LogP contribution in [0.1, 0.15) is 5.56 Å². The predicted molar refractivity (Wildman–Crippen MR) is 63.9 cm³/mol. The van der Waals surface area contributed by atoms with Crippen LogP contribution in [0.4, 0.5) is 5.69 Å². The average Bonchev–Trinajstić information content (AvgIpc) is 2.08. The van der Waals surface area contributed by atoms with Crippen LogP contribution in [0.15, 0.2) is 22.7 Å². The topological polar surface area (TPSA) is 41.1 Å². The molecule has 1 heterocycles. The Kier molecular flexibility index (Phi) is 3.07. The number of carbonyl (C=O) groups is 1. The number of anilines is 1. The van der Waals surface area contributed by atoms with E-state index in [1.165, 1.54) is 0 Å². The average molecular weight is 269 g/mol. The van der Waals surface area contributed by atoms with Gasteiger partial charge in [0.05, 0.1) is 5.92 Å². The van der Waals surface area contributed by atoms with Gasteiger partial charge in [-0.15, -0.1) is 0 Å². The van der Waals surface area contributed by atoms with Gasteiger partial charge in [-0.25, -0.2) is 0 Å². The van der Waals surface area contributed by atoms with Crippen molar-refractivity contribution >= 4 is 27.5 Å². The lowest BCUT2D eigenvalue weighted by atomic mass is 10.0. The fourth-order valence-corrected chi connectivity index (χ4v) is 1.69. The van der Waals surface area contributed by atoms with Crippen LogP contribution in [0.3, 0.4) is 0 Å². The van der Waals surface area contributed by atoms with Gasteiger partial charge in [-0.05, 0) is 30.7 Å². The van der Waals surface area contributed by atoms with E-state index in [2.05, 4.69) is 26.6 Å². The van der Waals surface area contributed by atoms with Crippen molar-refractivity contribution in [1.29, 1.82) is 0 Å². The van der Waals surface area contributed by atoms with Gasteiger partial charge in [-0.2, -0.15) is 0 Å². The van der Waals surface area contributed by atoms with Crippen molar-refractivity contribution < 1.29 is 4.79 Å². The highest BCUT2D eigenvalue weighted by molar-refractivity contribution is 9.10. The zero-order valence-electron chi connectivity index (χ0n) is 8.51. The highest BCUT2D eigenvalue weighted by atomic mass is 79.9. The summed E-state index contributed by atoms with van der Waals surface area (Å²) in [6.07, 6.45) is 0. The molecule has 1 aliphatic heterocycles. The molecular formula is C11H13BrN2O. The predicted octanol–water partition coefficient (Wildman–Crippen LogP) is 1.92. The molecular weight excluding hydrogens is 256 g/mol. The first-order valence-electron chi connectivity index (χ1n) is 4.94. The Bertz CT molecular complexity index is 388. The van der Waals surface area contributed by atoms with Crippen LogP contribution in [-0.2, 0) is 4.79 Å². The van der Waals surface area contributed by atoms with Gasteiger partial charge >= 0.3 is 0 Å². The van der Waals surface area contributed by atoms with Gasteiger partial charge < -0.3 is 10.6 Å². The molecule has 0 spiro atoms. The number of hydrogen-bond donors (Lipinski definition) is 2. The SMILES string of the molecule is Cc1cc(NC(=O)C2CNC2)ccc1Br. The molecule has 1 aromatic carbocycles. The Hall–Kier alpha value is -0.870. The second kappa shape index (κ2) is 4.33. The van der Waals surface area contributed by atoms with Crippen LogP contribution < -0.4 is 10.6 Å². The summed E-state index contributed by atoms with van der Waals surface area (Å²) in [5.41, 5.74) is 1.99. The molecule has 0 radical (unpaired) electrons. The standard InChI is InChI=1S/C11H13BrN2O/c1-7-4-9(2-3-10(7)12)14-11(15)8-5-13-6-8/h2-4,8,13H,5-6H2,1H3,(H,14,15). The molecule has 4 heteroatoms. The highest BCUT2D eigenvalue weighted by Gasteiger charge is 2.24. The second-order valence-electron chi connectivity index (χ2n) is 3.81. The maximum atomic E-state index is 11.6. The molecule has 1 aliphatic rings. The minimum atomic E-state index is 0.107. The minimum absolute atomic E-state index is 0.107. The number of carbonyl (C=O) groups excluding carboxylic acids is 1. The van der Waals surface area contributed by atoms with Crippen molar-refractivity contribution in [3.8, 4) is 0 Å². The number of aryl methyl sites for hydroxylation is 1. The minimum Gasteiger partial charge on any atom is -0.326 e. The molecule has 3 nitrogen and oxygen atoms in total. The van der Waals surface area contributed by atoms with Gasteiger partial charge in [0.25, 0.3) is 0 Å². The first-order chi connectivity index (χ1) is 7.16. The Morgan fingerprint density at radius 2 is 2.27 bits per heavy atom. The Morgan fingerprint density at radius 3 is 2.80 bits per heavy atom. The molecule has 1 fully saturated rings. The molecule has 80 valence electrons. The molecule has 0 saturated carbocycles. The van der Waals surface area contributed by atoms with Crippen LogP contribution in [0, 0.1) is 12.8 Å². The summed E-state index contributed by atoms with van der Waals surface area (Å²) in [6, 6.07) is 5.82.